The molecule has 32 heavy (non-hydrogen) atoms. The molecule has 0 unspecified atom stereocenters. The van der Waals surface area contributed by atoms with Crippen LogP contribution >= 0.6 is 0 Å². The lowest BCUT2D eigenvalue weighted by atomic mass is 10.1. The zero-order valence-corrected chi connectivity index (χ0v) is 17.9. The van der Waals surface area contributed by atoms with Gasteiger partial charge in [0.05, 0.1) is 19.4 Å². The van der Waals surface area contributed by atoms with Crippen LogP contribution in [-0.2, 0) is 4.79 Å². The number of nitrogens with one attached hydrogen (secondary N) is 2. The molecule has 0 aromatic heterocycles. The van der Waals surface area contributed by atoms with Crippen molar-refractivity contribution in [1.29, 1.82) is 0 Å². The SMILES string of the molecule is COc1cccc(C(=O)N/N=C\c2ccc(OCC(=O)N[C@H](C)c3ccccc3)cc2)c1. The van der Waals surface area contributed by atoms with E-state index in [9.17, 15) is 9.59 Å². The lowest BCUT2D eigenvalue weighted by molar-refractivity contribution is -0.123. The number of methoxy groups -OCH3 is 1. The largest absolute Gasteiger partial charge is 0.497 e. The molecule has 1 atom stereocenters. The fourth-order valence-electron chi connectivity index (χ4n) is 2.90. The van der Waals surface area contributed by atoms with Crippen LogP contribution in [0.1, 0.15) is 34.5 Å². The zero-order valence-electron chi connectivity index (χ0n) is 17.9. The van der Waals surface area contributed by atoms with Crippen LogP contribution in [-0.4, -0.2) is 31.7 Å². The van der Waals surface area contributed by atoms with Gasteiger partial charge in [0.2, 0.25) is 0 Å². The second-order valence-corrected chi connectivity index (χ2v) is 6.99. The molecule has 7 nitrogen and oxygen atoms in total. The van der Waals surface area contributed by atoms with Gasteiger partial charge in [-0.05, 0) is 60.5 Å². The maximum Gasteiger partial charge on any atom is 0.271 e. The summed E-state index contributed by atoms with van der Waals surface area (Å²) in [4.78, 5) is 24.3. The molecule has 0 saturated carbocycles. The van der Waals surface area contributed by atoms with Crippen LogP contribution in [0.2, 0.25) is 0 Å². The summed E-state index contributed by atoms with van der Waals surface area (Å²) >= 11 is 0. The third-order valence-electron chi connectivity index (χ3n) is 4.64. The third-order valence-corrected chi connectivity index (χ3v) is 4.64. The van der Waals surface area contributed by atoms with Gasteiger partial charge >= 0.3 is 0 Å². The number of nitrogens with zero attached hydrogens (tertiary/aromatic N) is 1. The number of carbonyl (C=O) groups excluding carboxylic acids is 2. The molecule has 0 aliphatic carbocycles. The number of hydrogen-bond acceptors (Lipinski definition) is 5. The quantitative estimate of drug-likeness (QED) is 0.399. The average Bonchev–Trinajstić information content (AvgIpc) is 2.84. The first-order valence-electron chi connectivity index (χ1n) is 10.1. The van der Waals surface area contributed by atoms with Gasteiger partial charge in [-0.3, -0.25) is 9.59 Å². The topological polar surface area (TPSA) is 89.0 Å². The maximum absolute atomic E-state index is 12.1. The third kappa shape index (κ3) is 6.70. The summed E-state index contributed by atoms with van der Waals surface area (Å²) < 4.78 is 10.7. The van der Waals surface area contributed by atoms with Gasteiger partial charge < -0.3 is 14.8 Å². The summed E-state index contributed by atoms with van der Waals surface area (Å²) in [6.07, 6.45) is 1.52. The first-order chi connectivity index (χ1) is 15.5. The predicted molar refractivity (Wildman–Crippen MR) is 123 cm³/mol. The van der Waals surface area contributed by atoms with Gasteiger partial charge in [-0.15, -0.1) is 0 Å². The van der Waals surface area contributed by atoms with Gasteiger partial charge in [0.1, 0.15) is 11.5 Å². The molecule has 3 aromatic carbocycles. The van der Waals surface area contributed by atoms with Crippen molar-refractivity contribution in [3.05, 3.63) is 95.6 Å². The highest BCUT2D eigenvalue weighted by molar-refractivity contribution is 5.95. The van der Waals surface area contributed by atoms with E-state index in [4.69, 9.17) is 9.47 Å². The first kappa shape index (κ1) is 22.6. The Morgan fingerprint density at radius 1 is 0.969 bits per heavy atom. The summed E-state index contributed by atoms with van der Waals surface area (Å²) in [5, 5.41) is 6.87. The van der Waals surface area contributed by atoms with Crippen molar-refractivity contribution in [1.82, 2.24) is 10.7 Å². The molecule has 2 amide bonds. The Morgan fingerprint density at radius 2 is 1.72 bits per heavy atom. The Hall–Kier alpha value is -4.13. The van der Waals surface area contributed by atoms with E-state index in [0.29, 0.717) is 17.1 Å². The minimum atomic E-state index is -0.337. The van der Waals surface area contributed by atoms with Crippen molar-refractivity contribution >= 4 is 18.0 Å². The first-order valence-corrected chi connectivity index (χ1v) is 10.1. The van der Waals surface area contributed by atoms with Gasteiger partial charge in [-0.1, -0.05) is 36.4 Å². The second kappa shape index (κ2) is 11.3. The van der Waals surface area contributed by atoms with Gasteiger partial charge in [-0.25, -0.2) is 5.43 Å². The van der Waals surface area contributed by atoms with Crippen molar-refractivity contribution in [2.24, 2.45) is 5.10 Å². The summed E-state index contributed by atoms with van der Waals surface area (Å²) in [6.45, 7) is 1.84. The second-order valence-electron chi connectivity index (χ2n) is 6.99. The van der Waals surface area contributed by atoms with E-state index in [1.54, 1.807) is 55.6 Å². The van der Waals surface area contributed by atoms with Crippen LogP contribution in [0.3, 0.4) is 0 Å². The van der Waals surface area contributed by atoms with E-state index >= 15 is 0 Å². The molecule has 7 heteroatoms. The number of amides is 2. The van der Waals surface area contributed by atoms with Gasteiger partial charge in [0, 0.05) is 5.56 Å². The number of rotatable bonds is 9. The Labute approximate surface area is 187 Å². The number of ether oxygens (including phenoxy) is 2. The smallest absolute Gasteiger partial charge is 0.271 e. The van der Waals surface area contributed by atoms with Crippen molar-refractivity contribution in [2.45, 2.75) is 13.0 Å². The normalized spacial score (nSPS) is 11.6. The highest BCUT2D eigenvalue weighted by Crippen LogP contribution is 2.14. The Bertz CT molecular complexity index is 1070. The monoisotopic (exact) mass is 431 g/mol. The van der Waals surface area contributed by atoms with Crippen molar-refractivity contribution in [3.8, 4) is 11.5 Å². The molecule has 0 aliphatic heterocycles. The fourth-order valence-corrected chi connectivity index (χ4v) is 2.90. The van der Waals surface area contributed by atoms with E-state index in [2.05, 4.69) is 15.8 Å². The number of hydrogen-bond donors (Lipinski definition) is 2. The van der Waals surface area contributed by atoms with Gasteiger partial charge in [-0.2, -0.15) is 5.10 Å². The zero-order chi connectivity index (χ0) is 22.8. The molecule has 0 heterocycles. The summed E-state index contributed by atoms with van der Waals surface area (Å²) in [6, 6.07) is 23.5. The van der Waals surface area contributed by atoms with Crippen molar-refractivity contribution < 1.29 is 19.1 Å². The molecule has 0 radical (unpaired) electrons. The Balaban J connectivity index is 1.45. The number of benzene rings is 3. The lowest BCUT2D eigenvalue weighted by Gasteiger charge is -2.14. The lowest BCUT2D eigenvalue weighted by Crippen LogP contribution is -2.31. The van der Waals surface area contributed by atoms with Crippen LogP contribution in [0.25, 0.3) is 0 Å². The Kier molecular flexibility index (Phi) is 7.97. The maximum atomic E-state index is 12.1. The van der Waals surface area contributed by atoms with Crippen LogP contribution in [0.15, 0.2) is 84.0 Å². The van der Waals surface area contributed by atoms with Gasteiger partial charge in [0.15, 0.2) is 6.61 Å². The molecular formula is C25H25N3O4. The number of carbonyl (C=O) groups is 2. The van der Waals surface area contributed by atoms with Crippen molar-refractivity contribution in [2.75, 3.05) is 13.7 Å². The molecule has 0 spiro atoms. The van der Waals surface area contributed by atoms with Crippen LogP contribution < -0.4 is 20.2 Å². The number of hydrazone groups is 1. The molecule has 0 bridgehead atoms. The summed E-state index contributed by atoms with van der Waals surface area (Å²) in [5.41, 5.74) is 4.72. The highest BCUT2D eigenvalue weighted by Gasteiger charge is 2.10. The molecular weight excluding hydrogens is 406 g/mol. The average molecular weight is 431 g/mol. The molecule has 0 fully saturated rings. The molecule has 3 aromatic rings. The van der Waals surface area contributed by atoms with E-state index in [1.165, 1.54) is 6.21 Å². The summed E-state index contributed by atoms with van der Waals surface area (Å²) in [7, 11) is 1.54. The van der Waals surface area contributed by atoms with Crippen LogP contribution in [0, 0.1) is 0 Å². The highest BCUT2D eigenvalue weighted by atomic mass is 16.5. The predicted octanol–water partition coefficient (Wildman–Crippen LogP) is 3.72. The van der Waals surface area contributed by atoms with E-state index in [-0.39, 0.29) is 24.5 Å². The van der Waals surface area contributed by atoms with Crippen LogP contribution in [0.4, 0.5) is 0 Å². The minimum Gasteiger partial charge on any atom is -0.497 e. The molecule has 164 valence electrons. The van der Waals surface area contributed by atoms with E-state index in [0.717, 1.165) is 11.1 Å². The fraction of sp³-hybridized carbons (Fsp3) is 0.160. The van der Waals surface area contributed by atoms with Crippen molar-refractivity contribution in [3.63, 3.8) is 0 Å². The molecule has 2 N–H and O–H groups in total. The van der Waals surface area contributed by atoms with E-state index < -0.39 is 0 Å². The standard InChI is InChI=1S/C25H25N3O4/c1-18(20-7-4-3-5-8-20)27-24(29)17-32-22-13-11-19(12-14-22)16-26-28-25(30)21-9-6-10-23(15-21)31-2/h3-16,18H,17H2,1-2H3,(H,27,29)(H,28,30)/b26-16-/t18-/m1/s1. The molecule has 0 saturated heterocycles. The molecule has 0 aliphatic rings. The Morgan fingerprint density at radius 3 is 2.44 bits per heavy atom. The van der Waals surface area contributed by atoms with Gasteiger partial charge in [0.25, 0.3) is 11.8 Å². The van der Waals surface area contributed by atoms with E-state index in [1.807, 2.05) is 37.3 Å². The summed E-state index contributed by atoms with van der Waals surface area (Å²) in [5.74, 6) is 0.619. The van der Waals surface area contributed by atoms with Crippen LogP contribution in [0.5, 0.6) is 11.5 Å². The minimum absolute atomic E-state index is 0.0821. The molecule has 3 rings (SSSR count).